The van der Waals surface area contributed by atoms with E-state index in [0.717, 1.165) is 6.54 Å². The number of rotatable bonds is 9. The minimum absolute atomic E-state index is 0.0418. The van der Waals surface area contributed by atoms with Crippen LogP contribution in [-0.2, 0) is 22.1 Å². The standard InChI is InChI=1S/C10H20N4O3S/c1-8(18(3)15)6-12-10-14-13-9(17-10)7-11-4-5-16-2/h8,11H,4-7H2,1-3H3,(H,12,14). The zero-order chi connectivity index (χ0) is 13.4. The predicted molar refractivity (Wildman–Crippen MR) is 69.9 cm³/mol. The van der Waals surface area contributed by atoms with Crippen LogP contribution in [0.2, 0.25) is 0 Å². The van der Waals surface area contributed by atoms with Crippen molar-refractivity contribution < 1.29 is 13.4 Å². The average molecular weight is 276 g/mol. The van der Waals surface area contributed by atoms with Crippen molar-refractivity contribution in [3.63, 3.8) is 0 Å². The van der Waals surface area contributed by atoms with Gasteiger partial charge in [0, 0.05) is 42.5 Å². The Kier molecular flexibility index (Phi) is 6.84. The number of nitrogens with one attached hydrogen (secondary N) is 2. The smallest absolute Gasteiger partial charge is 0.315 e. The number of anilines is 1. The Morgan fingerprint density at radius 3 is 2.94 bits per heavy atom. The van der Waals surface area contributed by atoms with E-state index >= 15 is 0 Å². The third-order valence-corrected chi connectivity index (χ3v) is 3.63. The summed E-state index contributed by atoms with van der Waals surface area (Å²) in [6.07, 6.45) is 1.67. The van der Waals surface area contributed by atoms with Crippen LogP contribution < -0.4 is 10.6 Å². The molecule has 0 amide bonds. The first-order valence-corrected chi connectivity index (χ1v) is 7.33. The second kappa shape index (κ2) is 8.17. The van der Waals surface area contributed by atoms with Crippen molar-refractivity contribution in [2.45, 2.75) is 18.7 Å². The Bertz CT molecular complexity index is 372. The Morgan fingerprint density at radius 1 is 1.50 bits per heavy atom. The van der Waals surface area contributed by atoms with Crippen molar-refractivity contribution in [2.75, 3.05) is 38.4 Å². The number of hydrogen-bond acceptors (Lipinski definition) is 7. The highest BCUT2D eigenvalue weighted by atomic mass is 32.2. The van der Waals surface area contributed by atoms with Gasteiger partial charge < -0.3 is 19.8 Å². The third kappa shape index (κ3) is 5.56. The second-order valence-corrected chi connectivity index (χ2v) is 5.66. The van der Waals surface area contributed by atoms with Crippen molar-refractivity contribution in [1.82, 2.24) is 15.5 Å². The van der Waals surface area contributed by atoms with Crippen LogP contribution in [-0.4, -0.2) is 52.7 Å². The van der Waals surface area contributed by atoms with Crippen LogP contribution in [0, 0.1) is 0 Å². The van der Waals surface area contributed by atoms with Crippen molar-refractivity contribution in [2.24, 2.45) is 0 Å². The van der Waals surface area contributed by atoms with Crippen molar-refractivity contribution in [1.29, 1.82) is 0 Å². The summed E-state index contributed by atoms with van der Waals surface area (Å²) in [5.41, 5.74) is 0. The van der Waals surface area contributed by atoms with Crippen molar-refractivity contribution in [3.05, 3.63) is 5.89 Å². The zero-order valence-corrected chi connectivity index (χ0v) is 11.7. The van der Waals surface area contributed by atoms with E-state index in [1.165, 1.54) is 0 Å². The fourth-order valence-corrected chi connectivity index (χ4v) is 1.43. The first-order valence-electron chi connectivity index (χ1n) is 5.71. The molecule has 2 atom stereocenters. The first-order chi connectivity index (χ1) is 8.63. The molecule has 0 aliphatic rings. The Labute approximate surface area is 109 Å². The maximum absolute atomic E-state index is 11.2. The highest BCUT2D eigenvalue weighted by Crippen LogP contribution is 2.05. The summed E-state index contributed by atoms with van der Waals surface area (Å²) in [6, 6.07) is 0.357. The Hall–Kier alpha value is -0.990. The molecule has 0 radical (unpaired) electrons. The monoisotopic (exact) mass is 276 g/mol. The molecule has 0 aliphatic carbocycles. The number of methoxy groups -OCH3 is 1. The van der Waals surface area contributed by atoms with Gasteiger partial charge in [0.2, 0.25) is 5.89 Å². The van der Waals surface area contributed by atoms with E-state index in [1.807, 2.05) is 6.92 Å². The first kappa shape index (κ1) is 15.1. The molecule has 0 bridgehead atoms. The molecule has 0 saturated carbocycles. The van der Waals surface area contributed by atoms with Gasteiger partial charge in [0.25, 0.3) is 0 Å². The fraction of sp³-hybridized carbons (Fsp3) is 0.800. The predicted octanol–water partition coefficient (Wildman–Crippen LogP) is -0.0155. The molecule has 7 nitrogen and oxygen atoms in total. The fourth-order valence-electron chi connectivity index (χ4n) is 1.11. The molecule has 1 rings (SSSR count). The SMILES string of the molecule is COCCNCc1nnc(NCC(C)S(C)=O)o1. The molecule has 0 fully saturated rings. The van der Waals surface area contributed by atoms with Gasteiger partial charge in [0.1, 0.15) is 0 Å². The summed E-state index contributed by atoms with van der Waals surface area (Å²) in [5.74, 6) is 0.513. The van der Waals surface area contributed by atoms with Gasteiger partial charge in [-0.1, -0.05) is 5.10 Å². The van der Waals surface area contributed by atoms with Crippen molar-refractivity contribution >= 4 is 16.8 Å². The molecule has 8 heteroatoms. The van der Waals surface area contributed by atoms with Gasteiger partial charge >= 0.3 is 6.01 Å². The highest BCUT2D eigenvalue weighted by molar-refractivity contribution is 7.84. The van der Waals surface area contributed by atoms with E-state index in [2.05, 4.69) is 20.8 Å². The highest BCUT2D eigenvalue weighted by Gasteiger charge is 2.09. The second-order valence-electron chi connectivity index (χ2n) is 3.86. The van der Waals surface area contributed by atoms with Gasteiger partial charge in [0.15, 0.2) is 0 Å². The maximum Gasteiger partial charge on any atom is 0.315 e. The minimum atomic E-state index is -0.863. The van der Waals surface area contributed by atoms with Gasteiger partial charge in [-0.3, -0.25) is 4.21 Å². The lowest BCUT2D eigenvalue weighted by Crippen LogP contribution is -2.20. The summed E-state index contributed by atoms with van der Waals surface area (Å²) in [5, 5.41) is 13.8. The number of aromatic nitrogens is 2. The molecule has 2 N–H and O–H groups in total. The summed E-state index contributed by atoms with van der Waals surface area (Å²) in [7, 11) is 0.785. The largest absolute Gasteiger partial charge is 0.407 e. The summed E-state index contributed by atoms with van der Waals surface area (Å²) in [6.45, 7) is 4.31. The van der Waals surface area contributed by atoms with Gasteiger partial charge in [0.05, 0.1) is 13.2 Å². The zero-order valence-electron chi connectivity index (χ0n) is 10.9. The molecule has 0 saturated heterocycles. The molecule has 1 aromatic rings. The lowest BCUT2D eigenvalue weighted by atomic mass is 10.5. The number of nitrogens with zero attached hydrogens (tertiary/aromatic N) is 2. The molecule has 0 spiro atoms. The van der Waals surface area contributed by atoms with Crippen LogP contribution in [0.25, 0.3) is 0 Å². The third-order valence-electron chi connectivity index (χ3n) is 2.33. The van der Waals surface area contributed by atoms with E-state index in [-0.39, 0.29) is 5.25 Å². The molecule has 2 unspecified atom stereocenters. The van der Waals surface area contributed by atoms with E-state index in [0.29, 0.717) is 31.6 Å². The van der Waals surface area contributed by atoms with Crippen molar-refractivity contribution in [3.8, 4) is 0 Å². The van der Waals surface area contributed by atoms with Gasteiger partial charge in [-0.2, -0.15) is 0 Å². The lowest BCUT2D eigenvalue weighted by molar-refractivity contribution is 0.198. The summed E-state index contributed by atoms with van der Waals surface area (Å²) in [4.78, 5) is 0. The minimum Gasteiger partial charge on any atom is -0.407 e. The normalized spacial score (nSPS) is 14.4. The van der Waals surface area contributed by atoms with Gasteiger partial charge in [-0.25, -0.2) is 0 Å². The van der Waals surface area contributed by atoms with E-state index < -0.39 is 10.8 Å². The number of hydrogen-bond donors (Lipinski definition) is 2. The molecule has 18 heavy (non-hydrogen) atoms. The Morgan fingerprint density at radius 2 is 2.28 bits per heavy atom. The van der Waals surface area contributed by atoms with Gasteiger partial charge in [-0.15, -0.1) is 5.10 Å². The molecular formula is C10H20N4O3S. The van der Waals surface area contributed by atoms with Gasteiger partial charge in [-0.05, 0) is 6.92 Å². The average Bonchev–Trinajstić information content (AvgIpc) is 2.79. The van der Waals surface area contributed by atoms with Crippen LogP contribution >= 0.6 is 0 Å². The van der Waals surface area contributed by atoms with E-state index in [4.69, 9.17) is 9.15 Å². The maximum atomic E-state index is 11.2. The Balaban J connectivity index is 2.27. The molecule has 0 aromatic carbocycles. The van der Waals surface area contributed by atoms with Crippen LogP contribution in [0.5, 0.6) is 0 Å². The quantitative estimate of drug-likeness (QED) is 0.613. The molecule has 1 aromatic heterocycles. The molecule has 104 valence electrons. The van der Waals surface area contributed by atoms with E-state index in [9.17, 15) is 4.21 Å². The molecule has 0 aliphatic heterocycles. The van der Waals surface area contributed by atoms with Crippen LogP contribution in [0.3, 0.4) is 0 Å². The molecule has 1 heterocycles. The summed E-state index contributed by atoms with van der Waals surface area (Å²) < 4.78 is 21.4. The summed E-state index contributed by atoms with van der Waals surface area (Å²) >= 11 is 0. The number of ether oxygens (including phenoxy) is 1. The van der Waals surface area contributed by atoms with E-state index in [1.54, 1.807) is 13.4 Å². The topological polar surface area (TPSA) is 89.3 Å². The van der Waals surface area contributed by atoms with Crippen LogP contribution in [0.15, 0.2) is 4.42 Å². The van der Waals surface area contributed by atoms with Crippen LogP contribution in [0.1, 0.15) is 12.8 Å². The van der Waals surface area contributed by atoms with Crippen LogP contribution in [0.4, 0.5) is 6.01 Å². The molecular weight excluding hydrogens is 256 g/mol. The lowest BCUT2D eigenvalue weighted by Gasteiger charge is -2.07.